The lowest BCUT2D eigenvalue weighted by Gasteiger charge is -2.31. The maximum Gasteiger partial charge on any atom is 0.231 e. The minimum absolute atomic E-state index is 0.581. The van der Waals surface area contributed by atoms with Gasteiger partial charge in [-0.25, -0.2) is 4.98 Å². The van der Waals surface area contributed by atoms with Crippen LogP contribution in [0.3, 0.4) is 0 Å². The average Bonchev–Trinajstić information content (AvgIpc) is 2.45. The van der Waals surface area contributed by atoms with Gasteiger partial charge >= 0.3 is 0 Å². The van der Waals surface area contributed by atoms with E-state index in [1.54, 1.807) is 0 Å². The Labute approximate surface area is 132 Å². The van der Waals surface area contributed by atoms with E-state index in [9.17, 15) is 0 Å². The van der Waals surface area contributed by atoms with Gasteiger partial charge < -0.3 is 15.5 Å². The summed E-state index contributed by atoms with van der Waals surface area (Å²) in [6.07, 6.45) is 3.48. The molecule has 2 N–H and O–H groups in total. The second-order valence-corrected chi connectivity index (χ2v) is 6.15. The number of piperidine rings is 1. The summed E-state index contributed by atoms with van der Waals surface area (Å²) >= 11 is 5.24. The molecule has 116 valence electrons. The summed E-state index contributed by atoms with van der Waals surface area (Å²) < 4.78 is 0. The number of hydrogen-bond donors (Lipinski definition) is 2. The van der Waals surface area contributed by atoms with Gasteiger partial charge in [-0.1, -0.05) is 13.8 Å². The molecule has 5 nitrogen and oxygen atoms in total. The number of nitrogens with one attached hydrogen (secondary N) is 2. The van der Waals surface area contributed by atoms with Gasteiger partial charge in [-0.05, 0) is 44.3 Å². The Morgan fingerprint density at radius 2 is 2.10 bits per heavy atom. The maximum absolute atomic E-state index is 5.24. The lowest BCUT2D eigenvalue weighted by atomic mass is 9.99. The Hall–Kier alpha value is -1.43. The van der Waals surface area contributed by atoms with Crippen LogP contribution in [0.1, 0.15) is 38.8 Å². The normalized spacial score (nSPS) is 15.9. The number of hydrogen-bond acceptors (Lipinski definition) is 4. The molecular weight excluding hydrogens is 282 g/mol. The topological polar surface area (TPSA) is 53.1 Å². The number of rotatable bonds is 4. The quantitative estimate of drug-likeness (QED) is 0.834. The smallest absolute Gasteiger partial charge is 0.231 e. The van der Waals surface area contributed by atoms with Crippen molar-refractivity contribution < 1.29 is 0 Å². The van der Waals surface area contributed by atoms with Crippen LogP contribution in [-0.4, -0.2) is 34.7 Å². The second-order valence-electron chi connectivity index (χ2n) is 5.74. The van der Waals surface area contributed by atoms with E-state index >= 15 is 0 Å². The van der Waals surface area contributed by atoms with Gasteiger partial charge in [-0.15, -0.1) is 0 Å². The minimum Gasteiger partial charge on any atom is -0.362 e. The van der Waals surface area contributed by atoms with Crippen LogP contribution in [0, 0.1) is 12.8 Å². The highest BCUT2D eigenvalue weighted by atomic mass is 32.1. The van der Waals surface area contributed by atoms with Crippen LogP contribution in [0.15, 0.2) is 6.07 Å². The first-order valence-corrected chi connectivity index (χ1v) is 8.14. The highest BCUT2D eigenvalue weighted by Crippen LogP contribution is 2.22. The second kappa shape index (κ2) is 7.54. The van der Waals surface area contributed by atoms with Crippen molar-refractivity contribution in [2.75, 3.05) is 29.9 Å². The fourth-order valence-corrected chi connectivity index (χ4v) is 2.59. The molecule has 6 heteroatoms. The molecule has 0 amide bonds. The van der Waals surface area contributed by atoms with E-state index in [0.29, 0.717) is 11.1 Å². The summed E-state index contributed by atoms with van der Waals surface area (Å²) in [7, 11) is 0. The summed E-state index contributed by atoms with van der Waals surface area (Å²) in [6.45, 7) is 9.40. The lowest BCUT2D eigenvalue weighted by Crippen LogP contribution is -2.34. The molecule has 0 unspecified atom stereocenters. The molecule has 0 radical (unpaired) electrons. The molecule has 0 atom stereocenters. The molecule has 2 rings (SSSR count). The number of aromatic nitrogens is 2. The Morgan fingerprint density at radius 3 is 2.76 bits per heavy atom. The van der Waals surface area contributed by atoms with Crippen molar-refractivity contribution in [3.8, 4) is 0 Å². The molecule has 0 aliphatic carbocycles. The maximum atomic E-state index is 5.24. The van der Waals surface area contributed by atoms with E-state index in [-0.39, 0.29) is 0 Å². The molecule has 0 bridgehead atoms. The zero-order valence-electron chi connectivity index (χ0n) is 13.1. The van der Waals surface area contributed by atoms with Gasteiger partial charge in [0.15, 0.2) is 5.11 Å². The third kappa shape index (κ3) is 4.81. The largest absolute Gasteiger partial charge is 0.362 e. The Morgan fingerprint density at radius 1 is 1.38 bits per heavy atom. The monoisotopic (exact) mass is 307 g/mol. The zero-order valence-corrected chi connectivity index (χ0v) is 14.0. The molecule has 1 fully saturated rings. The average molecular weight is 307 g/mol. The number of nitrogens with zero attached hydrogens (tertiary/aromatic N) is 3. The van der Waals surface area contributed by atoms with Crippen molar-refractivity contribution in [1.82, 2.24) is 15.3 Å². The van der Waals surface area contributed by atoms with Crippen molar-refractivity contribution in [1.29, 1.82) is 0 Å². The molecule has 2 heterocycles. The highest BCUT2D eigenvalue weighted by molar-refractivity contribution is 7.80. The molecule has 1 saturated heterocycles. The van der Waals surface area contributed by atoms with E-state index in [4.69, 9.17) is 12.2 Å². The van der Waals surface area contributed by atoms with E-state index in [1.165, 1.54) is 12.8 Å². The highest BCUT2D eigenvalue weighted by Gasteiger charge is 2.18. The van der Waals surface area contributed by atoms with Crippen LogP contribution in [0.25, 0.3) is 0 Å². The number of anilines is 2. The van der Waals surface area contributed by atoms with Gasteiger partial charge in [0, 0.05) is 31.4 Å². The van der Waals surface area contributed by atoms with E-state index in [2.05, 4.69) is 39.3 Å². The summed E-state index contributed by atoms with van der Waals surface area (Å²) in [6, 6.07) is 2.05. The molecule has 0 aromatic carbocycles. The summed E-state index contributed by atoms with van der Waals surface area (Å²) in [5.74, 6) is 2.39. The third-order valence-electron chi connectivity index (χ3n) is 3.71. The summed E-state index contributed by atoms with van der Waals surface area (Å²) in [5.41, 5.74) is 0.958. The summed E-state index contributed by atoms with van der Waals surface area (Å²) in [4.78, 5) is 11.4. The fraction of sp³-hybridized carbons (Fsp3) is 0.667. The Kier molecular flexibility index (Phi) is 5.73. The predicted molar refractivity (Wildman–Crippen MR) is 91.9 cm³/mol. The van der Waals surface area contributed by atoms with E-state index in [1.807, 2.05) is 13.0 Å². The lowest BCUT2D eigenvalue weighted by molar-refractivity contribution is 0.436. The molecule has 0 spiro atoms. The standard InChI is InChI=1S/C15H25N5S/c1-4-7-16-15(21)19-14-17-12(3)10-13(18-14)20-8-5-11(2)6-9-20/h10-11H,4-9H2,1-3H3,(H2,16,17,18,19,21). The van der Waals surface area contributed by atoms with E-state index < -0.39 is 0 Å². The molecule has 1 aliphatic rings. The molecular formula is C15H25N5S. The molecule has 1 aromatic rings. The third-order valence-corrected chi connectivity index (χ3v) is 3.96. The molecule has 0 saturated carbocycles. The van der Waals surface area contributed by atoms with Gasteiger partial charge in [0.1, 0.15) is 5.82 Å². The van der Waals surface area contributed by atoms with E-state index in [0.717, 1.165) is 43.5 Å². The first-order valence-electron chi connectivity index (χ1n) is 7.74. The number of aryl methyl sites for hydroxylation is 1. The van der Waals surface area contributed by atoms with Crippen molar-refractivity contribution >= 4 is 29.1 Å². The van der Waals surface area contributed by atoms with Crippen LogP contribution in [-0.2, 0) is 0 Å². The van der Waals surface area contributed by atoms with Crippen LogP contribution in [0.4, 0.5) is 11.8 Å². The van der Waals surface area contributed by atoms with Crippen LogP contribution >= 0.6 is 12.2 Å². The van der Waals surface area contributed by atoms with Crippen LogP contribution in [0.2, 0.25) is 0 Å². The molecule has 21 heavy (non-hydrogen) atoms. The van der Waals surface area contributed by atoms with Gasteiger partial charge in [0.2, 0.25) is 5.95 Å². The Balaban J connectivity index is 2.04. The minimum atomic E-state index is 0.581. The fourth-order valence-electron chi connectivity index (χ4n) is 2.39. The van der Waals surface area contributed by atoms with Gasteiger partial charge in [-0.3, -0.25) is 0 Å². The van der Waals surface area contributed by atoms with Crippen molar-refractivity contribution in [3.05, 3.63) is 11.8 Å². The van der Waals surface area contributed by atoms with Crippen molar-refractivity contribution in [2.24, 2.45) is 5.92 Å². The van der Waals surface area contributed by atoms with Crippen LogP contribution in [0.5, 0.6) is 0 Å². The van der Waals surface area contributed by atoms with Crippen molar-refractivity contribution in [3.63, 3.8) is 0 Å². The molecule has 1 aromatic heterocycles. The summed E-state index contributed by atoms with van der Waals surface area (Å²) in [5, 5.41) is 6.79. The number of thiocarbonyl (C=S) groups is 1. The Bertz CT molecular complexity index is 483. The van der Waals surface area contributed by atoms with Crippen molar-refractivity contribution in [2.45, 2.75) is 40.0 Å². The first-order chi connectivity index (χ1) is 10.1. The first kappa shape index (κ1) is 15.9. The van der Waals surface area contributed by atoms with Crippen LogP contribution < -0.4 is 15.5 Å². The van der Waals surface area contributed by atoms with Gasteiger partial charge in [0.25, 0.3) is 0 Å². The van der Waals surface area contributed by atoms with Gasteiger partial charge in [-0.2, -0.15) is 4.98 Å². The SMILES string of the molecule is CCCNC(=S)Nc1nc(C)cc(N2CCC(C)CC2)n1. The molecule has 1 aliphatic heterocycles. The zero-order chi connectivity index (χ0) is 15.2. The van der Waals surface area contributed by atoms with Gasteiger partial charge in [0.05, 0.1) is 0 Å². The predicted octanol–water partition coefficient (Wildman–Crippen LogP) is 2.72.